The Morgan fingerprint density at radius 1 is 1.13 bits per heavy atom. The van der Waals surface area contributed by atoms with Gasteiger partial charge in [0.25, 0.3) is 5.91 Å². The van der Waals surface area contributed by atoms with Crippen LogP contribution in [0.1, 0.15) is 24.8 Å². The maximum atomic E-state index is 14.0. The van der Waals surface area contributed by atoms with Gasteiger partial charge in [0.1, 0.15) is 23.7 Å². The lowest BCUT2D eigenvalue weighted by Crippen LogP contribution is -2.56. The molecule has 11 heteroatoms. The summed E-state index contributed by atoms with van der Waals surface area (Å²) >= 11 is 6.81. The minimum Gasteiger partial charge on any atom is -0.492 e. The van der Waals surface area contributed by atoms with E-state index in [0.717, 1.165) is 77.4 Å². The van der Waals surface area contributed by atoms with Crippen molar-refractivity contribution in [2.24, 2.45) is 0 Å². The Balaban J connectivity index is 1.41. The molecule has 0 radical (unpaired) electrons. The third-order valence-corrected chi connectivity index (χ3v) is 9.71. The molecule has 2 saturated heterocycles. The second kappa shape index (κ2) is 13.0. The van der Waals surface area contributed by atoms with E-state index in [0.29, 0.717) is 29.5 Å². The molecule has 3 aliphatic rings. The minimum absolute atomic E-state index is 0.0247. The summed E-state index contributed by atoms with van der Waals surface area (Å²) in [6.07, 6.45) is 3.51. The Morgan fingerprint density at radius 2 is 1.96 bits per heavy atom. The van der Waals surface area contributed by atoms with Crippen molar-refractivity contribution in [3.8, 4) is 22.9 Å². The number of piperidine rings is 1. The second-order valence-electron chi connectivity index (χ2n) is 12.5. The molecule has 0 saturated carbocycles. The molecular weight excluding hydrogens is 619 g/mol. The van der Waals surface area contributed by atoms with Crippen LogP contribution in [-0.4, -0.2) is 90.7 Å². The molecule has 0 spiro atoms. The first-order valence-corrected chi connectivity index (χ1v) is 16.5. The van der Waals surface area contributed by atoms with E-state index >= 15 is 0 Å². The number of carbonyl (C=O) groups is 1. The first kappa shape index (κ1) is 31.2. The van der Waals surface area contributed by atoms with Crippen LogP contribution in [0.5, 0.6) is 11.8 Å². The summed E-state index contributed by atoms with van der Waals surface area (Å²) in [5, 5.41) is 3.45. The van der Waals surface area contributed by atoms with Gasteiger partial charge in [0.05, 0.1) is 17.5 Å². The van der Waals surface area contributed by atoms with Gasteiger partial charge >= 0.3 is 6.01 Å². The van der Waals surface area contributed by atoms with Crippen LogP contribution in [0.2, 0.25) is 5.02 Å². The van der Waals surface area contributed by atoms with Crippen LogP contribution >= 0.6 is 11.6 Å². The van der Waals surface area contributed by atoms with E-state index < -0.39 is 17.8 Å². The summed E-state index contributed by atoms with van der Waals surface area (Å²) in [4.78, 5) is 32.0. The van der Waals surface area contributed by atoms with E-state index in [1.807, 2.05) is 18.2 Å². The molecule has 1 aromatic heterocycles. The number of nitrogens with zero attached hydrogens (tertiary/aromatic N) is 6. The lowest BCUT2D eigenvalue weighted by Gasteiger charge is -2.40. The Morgan fingerprint density at radius 3 is 2.74 bits per heavy atom. The number of aromatic nitrogens is 2. The summed E-state index contributed by atoms with van der Waals surface area (Å²) in [6.45, 7) is 14.0. The van der Waals surface area contributed by atoms with Crippen molar-refractivity contribution in [3.05, 3.63) is 76.9 Å². The molecule has 2 fully saturated rings. The Labute approximate surface area is 278 Å². The Hall–Kier alpha value is -4.46. The molecule has 242 valence electrons. The molecule has 0 bridgehead atoms. The SMILES string of the molecule is [C-]#[N+]C[C@H]1CN(c2nc(OC3CCCN(C)C3)nc3cc(-c4cccc5cccc(Cl)c45)c4c(c23)OCCC4)CCN1C(=O)C(=C)F. The smallest absolute Gasteiger partial charge is 0.319 e. The zero-order chi connectivity index (χ0) is 32.7. The number of fused-ring (bicyclic) bond motifs is 4. The predicted molar refractivity (Wildman–Crippen MR) is 182 cm³/mol. The van der Waals surface area contributed by atoms with E-state index in [9.17, 15) is 9.18 Å². The largest absolute Gasteiger partial charge is 0.492 e. The lowest BCUT2D eigenvalue weighted by molar-refractivity contribution is -0.131. The normalized spacial score (nSPS) is 20.0. The molecule has 0 aliphatic carbocycles. The van der Waals surface area contributed by atoms with Crippen LogP contribution < -0.4 is 14.4 Å². The Bertz CT molecular complexity index is 1920. The van der Waals surface area contributed by atoms with Crippen molar-refractivity contribution in [2.75, 3.05) is 57.8 Å². The fourth-order valence-corrected chi connectivity index (χ4v) is 7.52. The first-order chi connectivity index (χ1) is 22.8. The van der Waals surface area contributed by atoms with Crippen molar-refractivity contribution < 1.29 is 18.7 Å². The monoisotopic (exact) mass is 654 g/mol. The molecular formula is C36H36ClFN6O3. The van der Waals surface area contributed by atoms with Crippen molar-refractivity contribution >= 4 is 45.0 Å². The topological polar surface area (TPSA) is 75.4 Å². The van der Waals surface area contributed by atoms with Gasteiger partial charge in [-0.25, -0.2) is 11.0 Å². The number of likely N-dealkylation sites (tertiary alicyclic amines) is 1. The number of piperazine rings is 1. The number of benzene rings is 3. The van der Waals surface area contributed by atoms with Crippen LogP contribution in [0.15, 0.2) is 54.9 Å². The number of amides is 1. The fraction of sp³-hybridized carbons (Fsp3) is 0.389. The number of rotatable bonds is 6. The highest BCUT2D eigenvalue weighted by atomic mass is 35.5. The molecule has 47 heavy (non-hydrogen) atoms. The average Bonchev–Trinajstić information content (AvgIpc) is 3.07. The number of halogens is 2. The quantitative estimate of drug-likeness (QED) is 0.178. The van der Waals surface area contributed by atoms with Gasteiger partial charge in [-0.1, -0.05) is 48.5 Å². The van der Waals surface area contributed by atoms with Crippen molar-refractivity contribution in [3.63, 3.8) is 0 Å². The van der Waals surface area contributed by atoms with Gasteiger partial charge in [0.2, 0.25) is 6.54 Å². The van der Waals surface area contributed by atoms with Crippen LogP contribution in [-0.2, 0) is 11.2 Å². The number of ether oxygens (including phenoxy) is 2. The molecule has 9 nitrogen and oxygen atoms in total. The number of anilines is 1. The molecule has 3 aromatic carbocycles. The molecule has 2 atom stereocenters. The highest BCUT2D eigenvalue weighted by molar-refractivity contribution is 6.36. The molecule has 1 amide bonds. The minimum atomic E-state index is -1.03. The van der Waals surface area contributed by atoms with E-state index in [4.69, 9.17) is 37.6 Å². The predicted octanol–water partition coefficient (Wildman–Crippen LogP) is 6.32. The summed E-state index contributed by atoms with van der Waals surface area (Å²) in [5.41, 5.74) is 3.74. The third kappa shape index (κ3) is 5.94. The van der Waals surface area contributed by atoms with E-state index in [1.165, 1.54) is 4.90 Å². The van der Waals surface area contributed by atoms with E-state index in [-0.39, 0.29) is 31.7 Å². The fourth-order valence-electron chi connectivity index (χ4n) is 7.23. The second-order valence-corrected chi connectivity index (χ2v) is 12.9. The standard InChI is InChI=1S/C36H36ClFN6O3/c1-22(38)35(45)44-16-15-43(20-24(44)19-39-2)34-32-30(40-36(41-34)47-25-10-6-14-42(3)21-25)18-28(27-12-7-17-46-33(27)32)26-11-4-8-23-9-5-13-29(37)31(23)26/h4-5,8-9,11,13,18,24-25H,1,6-7,10,12,14-17,19-21H2,3H3/t24-,25?/m0/s1. The zero-order valence-corrected chi connectivity index (χ0v) is 27.1. The third-order valence-electron chi connectivity index (χ3n) is 9.40. The van der Waals surface area contributed by atoms with Crippen LogP contribution in [0.3, 0.4) is 0 Å². The van der Waals surface area contributed by atoms with Crippen LogP contribution in [0.25, 0.3) is 37.6 Å². The average molecular weight is 655 g/mol. The molecule has 0 N–H and O–H groups in total. The van der Waals surface area contributed by atoms with Crippen molar-refractivity contribution in [1.82, 2.24) is 19.8 Å². The molecule has 4 heterocycles. The van der Waals surface area contributed by atoms with Gasteiger partial charge in [-0.3, -0.25) is 4.79 Å². The summed E-state index contributed by atoms with van der Waals surface area (Å²) < 4.78 is 26.9. The highest BCUT2D eigenvalue weighted by Crippen LogP contribution is 2.46. The van der Waals surface area contributed by atoms with Gasteiger partial charge < -0.3 is 29.0 Å². The summed E-state index contributed by atoms with van der Waals surface area (Å²) in [5.74, 6) is -0.465. The molecule has 3 aliphatic heterocycles. The molecule has 1 unspecified atom stereocenters. The van der Waals surface area contributed by atoms with Gasteiger partial charge in [-0.05, 0) is 67.9 Å². The van der Waals surface area contributed by atoms with Gasteiger partial charge in [-0.2, -0.15) is 9.97 Å². The zero-order valence-electron chi connectivity index (χ0n) is 26.3. The van der Waals surface area contributed by atoms with Gasteiger partial charge in [0.15, 0.2) is 5.83 Å². The number of carbonyl (C=O) groups excluding carboxylic acids is 1. The van der Waals surface area contributed by atoms with Gasteiger partial charge in [-0.15, -0.1) is 0 Å². The molecule has 7 rings (SSSR count). The van der Waals surface area contributed by atoms with E-state index in [1.54, 1.807) is 0 Å². The Kier molecular flexibility index (Phi) is 8.60. The first-order valence-electron chi connectivity index (χ1n) is 16.1. The van der Waals surface area contributed by atoms with Crippen LogP contribution in [0.4, 0.5) is 10.2 Å². The number of likely N-dealkylation sites (N-methyl/N-ethyl adjacent to an activating group) is 1. The summed E-state index contributed by atoms with van der Waals surface area (Å²) in [6, 6.07) is 13.9. The summed E-state index contributed by atoms with van der Waals surface area (Å²) in [7, 11) is 2.08. The maximum absolute atomic E-state index is 14.0. The van der Waals surface area contributed by atoms with Crippen molar-refractivity contribution in [2.45, 2.75) is 37.8 Å². The molecule has 4 aromatic rings. The number of hydrogen-bond acceptors (Lipinski definition) is 7. The lowest BCUT2D eigenvalue weighted by atomic mass is 9.89. The van der Waals surface area contributed by atoms with Crippen LogP contribution in [0, 0.1) is 6.57 Å². The van der Waals surface area contributed by atoms with E-state index in [2.05, 4.69) is 52.5 Å². The maximum Gasteiger partial charge on any atom is 0.319 e. The highest BCUT2D eigenvalue weighted by Gasteiger charge is 2.36. The van der Waals surface area contributed by atoms with Gasteiger partial charge in [0, 0.05) is 42.2 Å². The van der Waals surface area contributed by atoms with Crippen molar-refractivity contribution in [1.29, 1.82) is 0 Å². The number of hydrogen-bond donors (Lipinski definition) is 0.